The maximum Gasteiger partial charge on any atom is 0.119 e. The highest BCUT2D eigenvalue weighted by atomic mass is 32.2. The second-order valence-electron chi connectivity index (χ2n) is 6.39. The summed E-state index contributed by atoms with van der Waals surface area (Å²) in [5, 5.41) is 3.56. The van der Waals surface area contributed by atoms with Gasteiger partial charge in [-0.1, -0.05) is 18.2 Å². The smallest absolute Gasteiger partial charge is 0.119 e. The van der Waals surface area contributed by atoms with Gasteiger partial charge in [-0.05, 0) is 87.0 Å². The number of ether oxygens (including phenoxy) is 1. The van der Waals surface area contributed by atoms with Crippen molar-refractivity contribution in [3.63, 3.8) is 0 Å². The second kappa shape index (κ2) is 14.8. The molecule has 0 atom stereocenters. The van der Waals surface area contributed by atoms with Crippen LogP contribution in [0.5, 0.6) is 5.75 Å². The summed E-state index contributed by atoms with van der Waals surface area (Å²) in [7, 11) is 0. The van der Waals surface area contributed by atoms with Crippen LogP contribution in [-0.4, -0.2) is 67.2 Å². The fourth-order valence-electron chi connectivity index (χ4n) is 2.85. The first-order chi connectivity index (χ1) is 12.4. The molecule has 0 unspecified atom stereocenters. The number of para-hydroxylation sites is 1. The van der Waals surface area contributed by atoms with Crippen LogP contribution >= 0.6 is 23.5 Å². The normalized spacial score (nSPS) is 20.2. The van der Waals surface area contributed by atoms with Crippen molar-refractivity contribution < 1.29 is 4.74 Å². The van der Waals surface area contributed by atoms with E-state index in [4.69, 9.17) is 4.74 Å². The maximum atomic E-state index is 5.89. The minimum Gasteiger partial charge on any atom is -0.492 e. The van der Waals surface area contributed by atoms with Crippen molar-refractivity contribution in [2.24, 2.45) is 0 Å². The van der Waals surface area contributed by atoms with Crippen molar-refractivity contribution in [2.45, 2.75) is 25.7 Å². The van der Waals surface area contributed by atoms with Crippen LogP contribution in [0.2, 0.25) is 0 Å². The summed E-state index contributed by atoms with van der Waals surface area (Å²) >= 11 is 4.22. The summed E-state index contributed by atoms with van der Waals surface area (Å²) < 4.78 is 5.89. The molecule has 0 bridgehead atoms. The third-order valence-corrected chi connectivity index (χ3v) is 6.54. The minimum absolute atomic E-state index is 0.788. The van der Waals surface area contributed by atoms with Crippen molar-refractivity contribution in [1.82, 2.24) is 10.2 Å². The Hall–Kier alpha value is -0.360. The topological polar surface area (TPSA) is 24.5 Å². The van der Waals surface area contributed by atoms with E-state index in [-0.39, 0.29) is 0 Å². The van der Waals surface area contributed by atoms with E-state index in [0.717, 1.165) is 18.9 Å². The van der Waals surface area contributed by atoms with Crippen LogP contribution in [0.25, 0.3) is 0 Å². The molecule has 1 saturated heterocycles. The van der Waals surface area contributed by atoms with Gasteiger partial charge in [-0.3, -0.25) is 4.90 Å². The molecule has 0 radical (unpaired) electrons. The molecular weight excluding hydrogens is 348 g/mol. The molecule has 3 nitrogen and oxygen atoms in total. The zero-order valence-electron chi connectivity index (χ0n) is 15.5. The van der Waals surface area contributed by atoms with Gasteiger partial charge in [0.15, 0.2) is 0 Å². The summed E-state index contributed by atoms with van der Waals surface area (Å²) in [5.41, 5.74) is 0. The molecule has 1 aliphatic rings. The molecule has 0 spiro atoms. The Kier molecular flexibility index (Phi) is 12.4. The molecule has 5 heteroatoms. The summed E-state index contributed by atoms with van der Waals surface area (Å²) in [6.07, 6.45) is 5.17. The molecule has 0 aromatic heterocycles. The van der Waals surface area contributed by atoms with Gasteiger partial charge in [0.25, 0.3) is 0 Å². The van der Waals surface area contributed by atoms with Crippen LogP contribution in [0.3, 0.4) is 0 Å². The Morgan fingerprint density at radius 2 is 1.44 bits per heavy atom. The summed E-state index contributed by atoms with van der Waals surface area (Å²) in [6, 6.07) is 10.2. The average Bonchev–Trinajstić information content (AvgIpc) is 2.64. The molecule has 2 rings (SSSR count). The van der Waals surface area contributed by atoms with Gasteiger partial charge in [0.2, 0.25) is 0 Å². The van der Waals surface area contributed by atoms with E-state index in [0.29, 0.717) is 0 Å². The fraction of sp³-hybridized carbons (Fsp3) is 0.700. The molecule has 142 valence electrons. The molecule has 1 fully saturated rings. The molecule has 1 heterocycles. The molecule has 0 amide bonds. The molecule has 1 aromatic rings. The molecular formula is C20H34N2OS2. The summed E-state index contributed by atoms with van der Waals surface area (Å²) in [4.78, 5) is 2.59. The van der Waals surface area contributed by atoms with Gasteiger partial charge in [0, 0.05) is 6.54 Å². The Morgan fingerprint density at radius 3 is 2.08 bits per heavy atom. The van der Waals surface area contributed by atoms with E-state index in [1.165, 1.54) is 74.9 Å². The van der Waals surface area contributed by atoms with Crippen molar-refractivity contribution in [1.29, 1.82) is 0 Å². The first-order valence-electron chi connectivity index (χ1n) is 9.71. The van der Waals surface area contributed by atoms with Gasteiger partial charge in [0.05, 0.1) is 0 Å². The predicted octanol–water partition coefficient (Wildman–Crippen LogP) is 4.00. The van der Waals surface area contributed by atoms with E-state index < -0.39 is 0 Å². The Morgan fingerprint density at radius 1 is 0.840 bits per heavy atom. The molecule has 0 aliphatic carbocycles. The predicted molar refractivity (Wildman–Crippen MR) is 114 cm³/mol. The first-order valence-corrected chi connectivity index (χ1v) is 12.0. The lowest BCUT2D eigenvalue weighted by Gasteiger charge is -2.22. The van der Waals surface area contributed by atoms with Gasteiger partial charge in [-0.25, -0.2) is 0 Å². The van der Waals surface area contributed by atoms with Crippen molar-refractivity contribution in [3.05, 3.63) is 30.3 Å². The van der Waals surface area contributed by atoms with Crippen molar-refractivity contribution in [3.8, 4) is 5.75 Å². The van der Waals surface area contributed by atoms with Crippen LogP contribution in [0, 0.1) is 0 Å². The number of thioether (sulfide) groups is 2. The SMILES string of the molecule is c1ccc(OCCN2CCCSCCCNCCCSCCC2)cc1. The zero-order valence-corrected chi connectivity index (χ0v) is 17.1. The lowest BCUT2D eigenvalue weighted by molar-refractivity contribution is 0.210. The highest BCUT2D eigenvalue weighted by Crippen LogP contribution is 2.10. The zero-order chi connectivity index (χ0) is 17.4. The maximum absolute atomic E-state index is 5.89. The summed E-state index contributed by atoms with van der Waals surface area (Å²) in [5.74, 6) is 6.13. The Balaban J connectivity index is 1.67. The van der Waals surface area contributed by atoms with Crippen LogP contribution < -0.4 is 10.1 Å². The Bertz CT molecular complexity index is 403. The molecule has 25 heavy (non-hydrogen) atoms. The van der Waals surface area contributed by atoms with E-state index >= 15 is 0 Å². The van der Waals surface area contributed by atoms with Crippen molar-refractivity contribution >= 4 is 23.5 Å². The van der Waals surface area contributed by atoms with Crippen LogP contribution in [0.15, 0.2) is 30.3 Å². The Labute approximate surface area is 162 Å². The molecule has 0 saturated carbocycles. The van der Waals surface area contributed by atoms with Gasteiger partial charge >= 0.3 is 0 Å². The van der Waals surface area contributed by atoms with Gasteiger partial charge in [-0.2, -0.15) is 23.5 Å². The van der Waals surface area contributed by atoms with Crippen molar-refractivity contribution in [2.75, 3.05) is 62.3 Å². The van der Waals surface area contributed by atoms with E-state index in [1.807, 2.05) is 30.3 Å². The number of benzene rings is 1. The van der Waals surface area contributed by atoms with E-state index in [9.17, 15) is 0 Å². The molecule has 1 N–H and O–H groups in total. The highest BCUT2D eigenvalue weighted by molar-refractivity contribution is 7.99. The number of hydrogen-bond donors (Lipinski definition) is 1. The fourth-order valence-corrected chi connectivity index (χ4v) is 4.62. The first kappa shape index (κ1) is 20.9. The number of nitrogens with one attached hydrogen (secondary N) is 1. The monoisotopic (exact) mass is 382 g/mol. The lowest BCUT2D eigenvalue weighted by atomic mass is 10.3. The van der Waals surface area contributed by atoms with Gasteiger partial charge in [-0.15, -0.1) is 0 Å². The number of nitrogens with zero attached hydrogens (tertiary/aromatic N) is 1. The lowest BCUT2D eigenvalue weighted by Crippen LogP contribution is -2.31. The quantitative estimate of drug-likeness (QED) is 0.849. The summed E-state index contributed by atoms with van der Waals surface area (Å²) in [6.45, 7) is 6.59. The van der Waals surface area contributed by atoms with E-state index in [2.05, 4.69) is 33.7 Å². The largest absolute Gasteiger partial charge is 0.492 e. The number of rotatable bonds is 4. The highest BCUT2D eigenvalue weighted by Gasteiger charge is 2.06. The van der Waals surface area contributed by atoms with E-state index in [1.54, 1.807) is 0 Å². The van der Waals surface area contributed by atoms with Crippen LogP contribution in [-0.2, 0) is 0 Å². The molecule has 1 aromatic carbocycles. The third kappa shape index (κ3) is 11.1. The minimum atomic E-state index is 0.788. The van der Waals surface area contributed by atoms with Gasteiger partial charge < -0.3 is 10.1 Å². The molecule has 1 aliphatic heterocycles. The second-order valence-corrected chi connectivity index (χ2v) is 8.84. The van der Waals surface area contributed by atoms with Crippen LogP contribution in [0.1, 0.15) is 25.7 Å². The standard InChI is InChI=1S/C20H34N2OS2/c1-2-8-20(9-3-1)23-15-14-22-12-6-18-24-16-4-10-21-11-5-17-25-19-7-13-22/h1-3,8-9,21H,4-7,10-19H2. The van der Waals surface area contributed by atoms with Gasteiger partial charge in [0.1, 0.15) is 12.4 Å². The third-order valence-electron chi connectivity index (χ3n) is 4.23. The number of hydrogen-bond acceptors (Lipinski definition) is 5. The average molecular weight is 383 g/mol. The van der Waals surface area contributed by atoms with Crippen LogP contribution in [0.4, 0.5) is 0 Å².